The van der Waals surface area contributed by atoms with Gasteiger partial charge in [-0.3, -0.25) is 9.78 Å². The van der Waals surface area contributed by atoms with Crippen LogP contribution in [0, 0.1) is 0 Å². The zero-order chi connectivity index (χ0) is 22.8. The van der Waals surface area contributed by atoms with Crippen LogP contribution in [0.15, 0.2) is 97.3 Å². The zero-order valence-corrected chi connectivity index (χ0v) is 19.2. The molecule has 2 heterocycles. The van der Waals surface area contributed by atoms with Crippen LogP contribution in [0.1, 0.15) is 15.2 Å². The fourth-order valence-corrected chi connectivity index (χ4v) is 5.25. The Hall–Kier alpha value is -3.67. The quantitative estimate of drug-likeness (QED) is 0.280. The van der Waals surface area contributed by atoms with E-state index in [0.29, 0.717) is 22.1 Å². The van der Waals surface area contributed by atoms with E-state index >= 15 is 0 Å². The number of nitrogen functional groups attached to an aromatic ring is 1. The Morgan fingerprint density at radius 2 is 1.67 bits per heavy atom. The number of anilines is 2. The molecule has 0 aliphatic rings. The Labute approximate surface area is 200 Å². The molecule has 0 aliphatic carbocycles. The molecule has 1 amide bonds. The normalized spacial score (nSPS) is 10.9. The van der Waals surface area contributed by atoms with Gasteiger partial charge < -0.3 is 10.6 Å². The van der Waals surface area contributed by atoms with Crippen molar-refractivity contribution in [3.63, 3.8) is 0 Å². The maximum atomic E-state index is 13.8. The number of halogens is 1. The van der Waals surface area contributed by atoms with Gasteiger partial charge in [-0.05, 0) is 65.2 Å². The van der Waals surface area contributed by atoms with Crippen LogP contribution in [0.4, 0.5) is 11.4 Å². The third kappa shape index (κ3) is 4.33. The Morgan fingerprint density at radius 1 is 0.909 bits per heavy atom. The summed E-state index contributed by atoms with van der Waals surface area (Å²) in [7, 11) is 0. The van der Waals surface area contributed by atoms with Crippen LogP contribution in [0.5, 0.6) is 0 Å². The Balaban J connectivity index is 1.55. The third-order valence-corrected chi connectivity index (χ3v) is 7.12. The van der Waals surface area contributed by atoms with Crippen molar-refractivity contribution in [2.45, 2.75) is 6.54 Å². The van der Waals surface area contributed by atoms with E-state index in [-0.39, 0.29) is 5.91 Å². The van der Waals surface area contributed by atoms with Gasteiger partial charge in [-0.25, -0.2) is 0 Å². The molecular formula is C27H20ClN3OS. The van der Waals surface area contributed by atoms with Crippen molar-refractivity contribution in [3.05, 3.63) is 113 Å². The molecule has 4 nitrogen and oxygen atoms in total. The van der Waals surface area contributed by atoms with Crippen molar-refractivity contribution >= 4 is 50.3 Å². The van der Waals surface area contributed by atoms with Crippen LogP contribution in [0.3, 0.4) is 0 Å². The van der Waals surface area contributed by atoms with E-state index in [9.17, 15) is 4.79 Å². The molecular weight excluding hydrogens is 450 g/mol. The monoisotopic (exact) mass is 469 g/mol. The third-order valence-electron chi connectivity index (χ3n) is 5.46. The van der Waals surface area contributed by atoms with Crippen LogP contribution in [-0.4, -0.2) is 10.9 Å². The SMILES string of the molecule is Nc1ccc(N(Cc2cccc(-c3ccncc3)c2)C(=O)c2sc3ccccc3c2Cl)cc1. The summed E-state index contributed by atoms with van der Waals surface area (Å²) in [5, 5.41) is 1.39. The average molecular weight is 470 g/mol. The number of amides is 1. The molecule has 5 rings (SSSR count). The van der Waals surface area contributed by atoms with Crippen molar-refractivity contribution in [1.29, 1.82) is 0 Å². The lowest BCUT2D eigenvalue weighted by Crippen LogP contribution is -2.30. The van der Waals surface area contributed by atoms with Crippen LogP contribution in [-0.2, 0) is 6.54 Å². The molecule has 0 radical (unpaired) electrons. The molecule has 5 aromatic rings. The maximum absolute atomic E-state index is 13.8. The first-order valence-corrected chi connectivity index (χ1v) is 11.6. The lowest BCUT2D eigenvalue weighted by Gasteiger charge is -2.23. The summed E-state index contributed by atoms with van der Waals surface area (Å²) < 4.78 is 0.989. The van der Waals surface area contributed by atoms with E-state index in [1.54, 1.807) is 29.4 Å². The lowest BCUT2D eigenvalue weighted by molar-refractivity contribution is 0.0989. The number of hydrogen-bond acceptors (Lipinski definition) is 4. The van der Waals surface area contributed by atoms with Gasteiger partial charge in [0.15, 0.2) is 0 Å². The number of carbonyl (C=O) groups is 1. The summed E-state index contributed by atoms with van der Waals surface area (Å²) in [5.41, 5.74) is 10.5. The highest BCUT2D eigenvalue weighted by molar-refractivity contribution is 7.21. The number of rotatable bonds is 5. The van der Waals surface area contributed by atoms with Gasteiger partial charge in [0.2, 0.25) is 0 Å². The highest BCUT2D eigenvalue weighted by Gasteiger charge is 2.24. The minimum atomic E-state index is -0.139. The van der Waals surface area contributed by atoms with E-state index in [4.69, 9.17) is 17.3 Å². The highest BCUT2D eigenvalue weighted by Crippen LogP contribution is 2.37. The summed E-state index contributed by atoms with van der Waals surface area (Å²) in [6, 6.07) is 27.2. The first-order chi connectivity index (χ1) is 16.1. The number of pyridine rings is 1. The van der Waals surface area contributed by atoms with Gasteiger partial charge in [-0.1, -0.05) is 48.0 Å². The number of thiophene rings is 1. The first-order valence-electron chi connectivity index (χ1n) is 10.4. The largest absolute Gasteiger partial charge is 0.399 e. The van der Waals surface area contributed by atoms with Crippen molar-refractivity contribution in [1.82, 2.24) is 4.98 Å². The summed E-state index contributed by atoms with van der Waals surface area (Å²) in [6.07, 6.45) is 3.55. The second kappa shape index (κ2) is 9.06. The number of aromatic nitrogens is 1. The Morgan fingerprint density at radius 3 is 2.42 bits per heavy atom. The number of benzene rings is 3. The van der Waals surface area contributed by atoms with Crippen LogP contribution in [0.25, 0.3) is 21.2 Å². The van der Waals surface area contributed by atoms with Crippen LogP contribution >= 0.6 is 22.9 Å². The van der Waals surface area contributed by atoms with Crippen molar-refractivity contribution in [2.24, 2.45) is 0 Å². The van der Waals surface area contributed by atoms with Gasteiger partial charge in [0.05, 0.1) is 11.6 Å². The molecule has 0 unspecified atom stereocenters. The average Bonchev–Trinajstić information content (AvgIpc) is 3.20. The van der Waals surface area contributed by atoms with Crippen molar-refractivity contribution in [3.8, 4) is 11.1 Å². The summed E-state index contributed by atoms with van der Waals surface area (Å²) in [5.74, 6) is -0.139. The molecule has 162 valence electrons. The zero-order valence-electron chi connectivity index (χ0n) is 17.6. The smallest absolute Gasteiger partial charge is 0.270 e. The van der Waals surface area contributed by atoms with E-state index in [1.807, 2.05) is 60.7 Å². The van der Waals surface area contributed by atoms with Gasteiger partial charge >= 0.3 is 0 Å². The summed E-state index contributed by atoms with van der Waals surface area (Å²) >= 11 is 8.07. The molecule has 0 spiro atoms. The lowest BCUT2D eigenvalue weighted by atomic mass is 10.0. The van der Waals surface area contributed by atoms with E-state index in [0.717, 1.165) is 32.5 Å². The maximum Gasteiger partial charge on any atom is 0.270 e. The summed E-state index contributed by atoms with van der Waals surface area (Å²) in [6.45, 7) is 0.395. The van der Waals surface area contributed by atoms with Gasteiger partial charge in [-0.15, -0.1) is 11.3 Å². The first kappa shape index (κ1) is 21.2. The predicted molar refractivity (Wildman–Crippen MR) is 138 cm³/mol. The topological polar surface area (TPSA) is 59.2 Å². The number of nitrogens with two attached hydrogens (primary N) is 1. The molecule has 0 saturated heterocycles. The Bertz CT molecular complexity index is 1430. The van der Waals surface area contributed by atoms with Gasteiger partial charge in [0, 0.05) is 33.9 Å². The van der Waals surface area contributed by atoms with Crippen LogP contribution in [0.2, 0.25) is 5.02 Å². The number of hydrogen-bond donors (Lipinski definition) is 1. The molecule has 2 N–H and O–H groups in total. The molecule has 33 heavy (non-hydrogen) atoms. The second-order valence-corrected chi connectivity index (χ2v) is 9.09. The molecule has 0 bridgehead atoms. The van der Waals surface area contributed by atoms with Crippen molar-refractivity contribution in [2.75, 3.05) is 10.6 Å². The van der Waals surface area contributed by atoms with Crippen LogP contribution < -0.4 is 10.6 Å². The summed E-state index contributed by atoms with van der Waals surface area (Å²) in [4.78, 5) is 20.2. The molecule has 0 fully saturated rings. The number of fused-ring (bicyclic) bond motifs is 1. The van der Waals surface area contributed by atoms with E-state index in [1.165, 1.54) is 11.3 Å². The number of carbonyl (C=O) groups excluding carboxylic acids is 1. The predicted octanol–water partition coefficient (Wildman–Crippen LogP) is 7.05. The highest BCUT2D eigenvalue weighted by atomic mass is 35.5. The molecule has 0 atom stereocenters. The molecule has 0 saturated carbocycles. The molecule has 2 aromatic heterocycles. The van der Waals surface area contributed by atoms with Gasteiger partial charge in [0.25, 0.3) is 5.91 Å². The number of nitrogens with zero attached hydrogens (tertiary/aromatic N) is 2. The standard InChI is InChI=1S/C27H20ClN3OS/c28-25-23-6-1-2-7-24(23)33-26(25)27(32)31(22-10-8-21(29)9-11-22)17-18-4-3-5-20(16-18)19-12-14-30-15-13-19/h1-16H,17,29H2. The molecule has 0 aliphatic heterocycles. The minimum Gasteiger partial charge on any atom is -0.399 e. The molecule has 6 heteroatoms. The fourth-order valence-electron chi connectivity index (χ4n) is 3.78. The minimum absolute atomic E-state index is 0.139. The fraction of sp³-hybridized carbons (Fsp3) is 0.0370. The Kier molecular flexibility index (Phi) is 5.82. The second-order valence-electron chi connectivity index (χ2n) is 7.66. The molecule has 3 aromatic carbocycles. The van der Waals surface area contributed by atoms with E-state index in [2.05, 4.69) is 17.1 Å². The van der Waals surface area contributed by atoms with E-state index < -0.39 is 0 Å². The van der Waals surface area contributed by atoms with Gasteiger partial charge in [-0.2, -0.15) is 0 Å². The van der Waals surface area contributed by atoms with Gasteiger partial charge in [0.1, 0.15) is 4.88 Å². The van der Waals surface area contributed by atoms with Crippen molar-refractivity contribution < 1.29 is 4.79 Å².